The van der Waals surface area contributed by atoms with E-state index in [1.807, 2.05) is 24.3 Å². The molecule has 1 atom stereocenters. The Morgan fingerprint density at radius 3 is 2.48 bits per heavy atom. The molecule has 1 fully saturated rings. The molecule has 0 radical (unpaired) electrons. The van der Waals surface area contributed by atoms with Crippen molar-refractivity contribution in [3.8, 4) is 0 Å². The Bertz CT molecular complexity index is 1140. The van der Waals surface area contributed by atoms with Crippen molar-refractivity contribution < 1.29 is 18.8 Å². The van der Waals surface area contributed by atoms with E-state index >= 15 is 0 Å². The minimum atomic E-state index is -1.31. The van der Waals surface area contributed by atoms with Gasteiger partial charge in [-0.3, -0.25) is 14.5 Å². The standard InChI is InChI=1S/C22H20FN3O3/c1-3-22(14-8-10-15(23)11-9-14)20(28)26(21(29)25-22)12-18(27)19-13(2)24-17-7-5-4-6-16(17)19/h4-11,24H,3,12H2,1-2H3,(H,25,29). The van der Waals surface area contributed by atoms with Crippen LogP contribution in [0.4, 0.5) is 9.18 Å². The van der Waals surface area contributed by atoms with Gasteiger partial charge in [-0.1, -0.05) is 37.3 Å². The Morgan fingerprint density at radius 2 is 1.79 bits per heavy atom. The minimum Gasteiger partial charge on any atom is -0.358 e. The Balaban J connectivity index is 1.66. The van der Waals surface area contributed by atoms with Crippen molar-refractivity contribution in [1.82, 2.24) is 15.2 Å². The van der Waals surface area contributed by atoms with Gasteiger partial charge in [-0.2, -0.15) is 0 Å². The van der Waals surface area contributed by atoms with Crippen LogP contribution in [-0.2, 0) is 10.3 Å². The molecular weight excluding hydrogens is 373 g/mol. The second-order valence-corrected chi connectivity index (χ2v) is 7.18. The highest BCUT2D eigenvalue weighted by molar-refractivity contribution is 6.15. The zero-order chi connectivity index (χ0) is 20.8. The molecule has 2 heterocycles. The zero-order valence-electron chi connectivity index (χ0n) is 16.1. The lowest BCUT2D eigenvalue weighted by Gasteiger charge is -2.25. The van der Waals surface area contributed by atoms with E-state index in [1.165, 1.54) is 24.3 Å². The number of rotatable bonds is 5. The molecule has 3 amide bonds. The van der Waals surface area contributed by atoms with Gasteiger partial charge in [0.05, 0.1) is 6.54 Å². The monoisotopic (exact) mass is 393 g/mol. The smallest absolute Gasteiger partial charge is 0.325 e. The van der Waals surface area contributed by atoms with Crippen LogP contribution in [0.25, 0.3) is 10.9 Å². The number of hydrogen-bond acceptors (Lipinski definition) is 3. The number of amides is 3. The van der Waals surface area contributed by atoms with E-state index in [9.17, 15) is 18.8 Å². The summed E-state index contributed by atoms with van der Waals surface area (Å²) in [4.78, 5) is 42.9. The number of imide groups is 1. The number of aryl methyl sites for hydroxylation is 1. The normalized spacial score (nSPS) is 19.1. The third-order valence-corrected chi connectivity index (χ3v) is 5.52. The van der Waals surface area contributed by atoms with Gasteiger partial charge in [0.2, 0.25) is 0 Å². The molecule has 1 aliphatic heterocycles. The number of aromatic nitrogens is 1. The maximum atomic E-state index is 13.3. The Morgan fingerprint density at radius 1 is 1.10 bits per heavy atom. The molecule has 4 rings (SSSR count). The van der Waals surface area contributed by atoms with E-state index in [-0.39, 0.29) is 18.7 Å². The number of nitrogens with one attached hydrogen (secondary N) is 2. The van der Waals surface area contributed by atoms with Gasteiger partial charge in [-0.15, -0.1) is 0 Å². The molecule has 148 valence electrons. The second-order valence-electron chi connectivity index (χ2n) is 7.18. The molecule has 29 heavy (non-hydrogen) atoms. The number of nitrogens with zero attached hydrogens (tertiary/aromatic N) is 1. The number of Topliss-reactive ketones (excluding diaryl/α,β-unsaturated/α-hetero) is 1. The van der Waals surface area contributed by atoms with E-state index in [1.54, 1.807) is 13.8 Å². The van der Waals surface area contributed by atoms with Crippen molar-refractivity contribution >= 4 is 28.6 Å². The summed E-state index contributed by atoms with van der Waals surface area (Å²) in [5.74, 6) is -1.27. The molecule has 7 heteroatoms. The molecule has 0 saturated carbocycles. The first kappa shape index (κ1) is 18.9. The van der Waals surface area contributed by atoms with Crippen molar-refractivity contribution in [2.24, 2.45) is 0 Å². The fourth-order valence-electron chi connectivity index (χ4n) is 4.00. The van der Waals surface area contributed by atoms with Gasteiger partial charge < -0.3 is 10.3 Å². The maximum Gasteiger partial charge on any atom is 0.325 e. The van der Waals surface area contributed by atoms with Crippen LogP contribution in [0.5, 0.6) is 0 Å². The molecule has 3 aromatic rings. The number of benzene rings is 2. The van der Waals surface area contributed by atoms with E-state index in [2.05, 4.69) is 10.3 Å². The first-order chi connectivity index (χ1) is 13.9. The Kier molecular flexibility index (Phi) is 4.45. The summed E-state index contributed by atoms with van der Waals surface area (Å²) in [6.07, 6.45) is 0.278. The molecular formula is C22H20FN3O3. The summed E-state index contributed by atoms with van der Waals surface area (Å²) in [6, 6.07) is 12.2. The van der Waals surface area contributed by atoms with Crippen LogP contribution in [0.3, 0.4) is 0 Å². The number of para-hydroxylation sites is 1. The van der Waals surface area contributed by atoms with E-state index in [4.69, 9.17) is 0 Å². The van der Waals surface area contributed by atoms with Crippen LogP contribution < -0.4 is 5.32 Å². The molecule has 0 aliphatic carbocycles. The van der Waals surface area contributed by atoms with Crippen molar-refractivity contribution in [2.45, 2.75) is 25.8 Å². The van der Waals surface area contributed by atoms with Gasteiger partial charge in [-0.25, -0.2) is 9.18 Å². The first-order valence-electron chi connectivity index (χ1n) is 9.38. The Hall–Kier alpha value is -3.48. The van der Waals surface area contributed by atoms with Crippen molar-refractivity contribution in [3.63, 3.8) is 0 Å². The first-order valence-corrected chi connectivity index (χ1v) is 9.38. The number of carbonyl (C=O) groups excluding carboxylic acids is 3. The number of fused-ring (bicyclic) bond motifs is 1. The molecule has 0 bridgehead atoms. The van der Waals surface area contributed by atoms with Crippen molar-refractivity contribution in [2.75, 3.05) is 6.54 Å². The quantitative estimate of drug-likeness (QED) is 0.513. The van der Waals surface area contributed by atoms with Crippen LogP contribution in [0, 0.1) is 12.7 Å². The topological polar surface area (TPSA) is 82.3 Å². The van der Waals surface area contributed by atoms with Gasteiger partial charge in [0, 0.05) is 22.2 Å². The third kappa shape index (κ3) is 2.90. The number of ketones is 1. The van der Waals surface area contributed by atoms with E-state index in [0.29, 0.717) is 16.8 Å². The lowest BCUT2D eigenvalue weighted by Crippen LogP contribution is -2.43. The highest BCUT2D eigenvalue weighted by atomic mass is 19.1. The van der Waals surface area contributed by atoms with Crippen LogP contribution in [0.15, 0.2) is 48.5 Å². The minimum absolute atomic E-state index is 0.278. The summed E-state index contributed by atoms with van der Waals surface area (Å²) < 4.78 is 13.3. The number of carbonyl (C=O) groups is 3. The van der Waals surface area contributed by atoms with Gasteiger partial charge in [0.15, 0.2) is 5.78 Å². The summed E-state index contributed by atoms with van der Waals surface area (Å²) in [5.41, 5.74) is 1.15. The largest absolute Gasteiger partial charge is 0.358 e. The number of hydrogen-bond donors (Lipinski definition) is 2. The molecule has 6 nitrogen and oxygen atoms in total. The average molecular weight is 393 g/mol. The van der Waals surface area contributed by atoms with Gasteiger partial charge >= 0.3 is 6.03 Å². The zero-order valence-corrected chi connectivity index (χ0v) is 16.1. The van der Waals surface area contributed by atoms with Gasteiger partial charge in [0.1, 0.15) is 11.4 Å². The van der Waals surface area contributed by atoms with Gasteiger partial charge in [-0.05, 0) is 37.1 Å². The number of aromatic amines is 1. The average Bonchev–Trinajstić information content (AvgIpc) is 3.17. The summed E-state index contributed by atoms with van der Waals surface area (Å²) in [6.45, 7) is 3.18. The summed E-state index contributed by atoms with van der Waals surface area (Å²) in [5, 5.41) is 3.46. The van der Waals surface area contributed by atoms with Crippen LogP contribution in [0.1, 0.15) is 35.0 Å². The molecule has 1 aromatic heterocycles. The van der Waals surface area contributed by atoms with Crippen LogP contribution >= 0.6 is 0 Å². The molecule has 1 unspecified atom stereocenters. The van der Waals surface area contributed by atoms with Gasteiger partial charge in [0.25, 0.3) is 5.91 Å². The highest BCUT2D eigenvalue weighted by Crippen LogP contribution is 2.33. The van der Waals surface area contributed by atoms with Crippen molar-refractivity contribution in [3.05, 3.63) is 71.2 Å². The fourth-order valence-corrected chi connectivity index (χ4v) is 4.00. The lowest BCUT2D eigenvalue weighted by atomic mass is 9.87. The molecule has 0 spiro atoms. The van der Waals surface area contributed by atoms with Crippen molar-refractivity contribution in [1.29, 1.82) is 0 Å². The van der Waals surface area contributed by atoms with Crippen LogP contribution in [-0.4, -0.2) is 34.2 Å². The predicted octanol–water partition coefficient (Wildman–Crippen LogP) is 3.66. The maximum absolute atomic E-state index is 13.3. The third-order valence-electron chi connectivity index (χ3n) is 5.52. The van der Waals surface area contributed by atoms with E-state index in [0.717, 1.165) is 15.8 Å². The number of halogens is 1. The predicted molar refractivity (Wildman–Crippen MR) is 106 cm³/mol. The number of H-pyrrole nitrogens is 1. The second kappa shape index (κ2) is 6.84. The highest BCUT2D eigenvalue weighted by Gasteiger charge is 2.51. The molecule has 2 aromatic carbocycles. The molecule has 1 saturated heterocycles. The van der Waals surface area contributed by atoms with Crippen LogP contribution in [0.2, 0.25) is 0 Å². The van der Waals surface area contributed by atoms with E-state index < -0.39 is 23.3 Å². The number of urea groups is 1. The molecule has 1 aliphatic rings. The lowest BCUT2D eigenvalue weighted by molar-refractivity contribution is -0.131. The SMILES string of the molecule is CCC1(c2ccc(F)cc2)NC(=O)N(CC(=O)c2c(C)[nH]c3ccccc23)C1=O. The summed E-state index contributed by atoms with van der Waals surface area (Å²) in [7, 11) is 0. The fraction of sp³-hybridized carbons (Fsp3) is 0.227. The summed E-state index contributed by atoms with van der Waals surface area (Å²) >= 11 is 0. The molecule has 2 N–H and O–H groups in total. The Labute approximate surface area is 166 Å².